The van der Waals surface area contributed by atoms with E-state index in [-0.39, 0.29) is 0 Å². The van der Waals surface area contributed by atoms with Gasteiger partial charge in [0.25, 0.3) is 0 Å². The van der Waals surface area contributed by atoms with Gasteiger partial charge in [-0.25, -0.2) is 0 Å². The third-order valence-electron chi connectivity index (χ3n) is 4.85. The highest BCUT2D eigenvalue weighted by atomic mass is 16.5. The maximum atomic E-state index is 6.27. The molecular weight excluding hydrogens is 260 g/mol. The van der Waals surface area contributed by atoms with Crippen LogP contribution in [-0.2, 0) is 4.74 Å². The molecule has 0 aliphatic carbocycles. The van der Waals surface area contributed by atoms with Crippen LogP contribution in [0.2, 0.25) is 0 Å². The average Bonchev–Trinajstić information content (AvgIpc) is 2.47. The third-order valence-corrected chi connectivity index (χ3v) is 4.85. The van der Waals surface area contributed by atoms with Gasteiger partial charge in [0, 0.05) is 6.04 Å². The molecule has 3 nitrogen and oxygen atoms in total. The Kier molecular flexibility index (Phi) is 8.84. The Morgan fingerprint density at radius 1 is 1.00 bits per heavy atom. The van der Waals surface area contributed by atoms with Crippen molar-refractivity contribution >= 4 is 0 Å². The summed E-state index contributed by atoms with van der Waals surface area (Å²) in [5.74, 6) is 1.23. The standard InChI is InChI=1S/C18H38N2O/c1-7-20(8-2)11-9-10-19-16-12-17(14(3)4)21-18(13-16)15(5)6/h14-19H,7-13H2,1-6H3/t17-,18-/m1/s1. The van der Waals surface area contributed by atoms with Crippen LogP contribution in [0.4, 0.5) is 0 Å². The van der Waals surface area contributed by atoms with Crippen LogP contribution in [0.15, 0.2) is 0 Å². The van der Waals surface area contributed by atoms with Crippen molar-refractivity contribution < 1.29 is 4.74 Å². The van der Waals surface area contributed by atoms with E-state index in [1.165, 1.54) is 38.9 Å². The van der Waals surface area contributed by atoms with E-state index < -0.39 is 0 Å². The van der Waals surface area contributed by atoms with E-state index in [0.29, 0.717) is 30.1 Å². The molecule has 1 heterocycles. The Morgan fingerprint density at radius 2 is 1.52 bits per heavy atom. The monoisotopic (exact) mass is 298 g/mol. The molecule has 1 saturated heterocycles. The van der Waals surface area contributed by atoms with Crippen LogP contribution in [0.1, 0.15) is 60.8 Å². The summed E-state index contributed by atoms with van der Waals surface area (Å²) in [6, 6.07) is 0.634. The summed E-state index contributed by atoms with van der Waals surface area (Å²) in [5, 5.41) is 3.79. The van der Waals surface area contributed by atoms with Gasteiger partial charge in [0.05, 0.1) is 12.2 Å². The van der Waals surface area contributed by atoms with Gasteiger partial charge in [-0.15, -0.1) is 0 Å². The molecule has 1 N–H and O–H groups in total. The summed E-state index contributed by atoms with van der Waals surface area (Å²) in [7, 11) is 0. The lowest BCUT2D eigenvalue weighted by Gasteiger charge is -2.39. The number of hydrogen-bond acceptors (Lipinski definition) is 3. The van der Waals surface area contributed by atoms with Gasteiger partial charge in [-0.1, -0.05) is 41.5 Å². The Morgan fingerprint density at radius 3 is 1.95 bits per heavy atom. The molecule has 1 aliphatic heterocycles. The van der Waals surface area contributed by atoms with E-state index in [0.717, 1.165) is 6.54 Å². The maximum Gasteiger partial charge on any atom is 0.0616 e. The minimum absolute atomic E-state index is 0.423. The molecule has 0 unspecified atom stereocenters. The lowest BCUT2D eigenvalue weighted by atomic mass is 9.88. The van der Waals surface area contributed by atoms with Crippen molar-refractivity contribution in [2.24, 2.45) is 11.8 Å². The smallest absolute Gasteiger partial charge is 0.0616 e. The zero-order valence-electron chi connectivity index (χ0n) is 15.2. The van der Waals surface area contributed by atoms with Crippen LogP contribution in [0, 0.1) is 11.8 Å². The molecule has 3 heteroatoms. The van der Waals surface area contributed by atoms with E-state index >= 15 is 0 Å². The molecule has 0 aromatic carbocycles. The quantitative estimate of drug-likeness (QED) is 0.659. The topological polar surface area (TPSA) is 24.5 Å². The molecule has 2 atom stereocenters. The highest BCUT2D eigenvalue weighted by molar-refractivity contribution is 4.84. The Labute approximate surface area is 132 Å². The van der Waals surface area contributed by atoms with Crippen LogP contribution in [0.3, 0.4) is 0 Å². The molecule has 0 aromatic heterocycles. The van der Waals surface area contributed by atoms with E-state index in [2.05, 4.69) is 51.8 Å². The van der Waals surface area contributed by atoms with E-state index in [1.54, 1.807) is 0 Å². The first-order valence-electron chi connectivity index (χ1n) is 9.09. The lowest BCUT2D eigenvalue weighted by Crippen LogP contribution is -2.46. The predicted molar refractivity (Wildman–Crippen MR) is 91.8 cm³/mol. The normalized spacial score (nSPS) is 27.0. The lowest BCUT2D eigenvalue weighted by molar-refractivity contribution is -0.0993. The molecule has 0 radical (unpaired) electrons. The highest BCUT2D eigenvalue weighted by Gasteiger charge is 2.32. The summed E-state index contributed by atoms with van der Waals surface area (Å²) >= 11 is 0. The van der Waals surface area contributed by atoms with Crippen molar-refractivity contribution in [3.05, 3.63) is 0 Å². The minimum atomic E-state index is 0.423. The van der Waals surface area contributed by atoms with Crippen LogP contribution in [0.5, 0.6) is 0 Å². The van der Waals surface area contributed by atoms with E-state index in [1.807, 2.05) is 0 Å². The SMILES string of the molecule is CCN(CC)CCCNC1C[C@H](C(C)C)O[C@@H](C(C)C)C1. The fourth-order valence-corrected chi connectivity index (χ4v) is 3.17. The fraction of sp³-hybridized carbons (Fsp3) is 1.00. The fourth-order valence-electron chi connectivity index (χ4n) is 3.17. The van der Waals surface area contributed by atoms with Crippen molar-refractivity contribution in [1.82, 2.24) is 10.2 Å². The molecule has 0 bridgehead atoms. The molecule has 0 spiro atoms. The molecule has 0 saturated carbocycles. The van der Waals surface area contributed by atoms with Gasteiger partial charge in [-0.2, -0.15) is 0 Å². The second-order valence-corrected chi connectivity index (χ2v) is 7.20. The Bertz CT molecular complexity index is 248. The summed E-state index contributed by atoms with van der Waals surface area (Å²) in [6.07, 6.45) is 4.44. The van der Waals surface area contributed by atoms with E-state index in [9.17, 15) is 0 Å². The Balaban J connectivity index is 2.35. The number of nitrogens with one attached hydrogen (secondary N) is 1. The molecule has 21 heavy (non-hydrogen) atoms. The molecule has 0 aromatic rings. The highest BCUT2D eigenvalue weighted by Crippen LogP contribution is 2.28. The second kappa shape index (κ2) is 9.81. The van der Waals surface area contributed by atoms with Crippen LogP contribution < -0.4 is 5.32 Å². The molecule has 1 aliphatic rings. The molecule has 1 fully saturated rings. The Hall–Kier alpha value is -0.120. The van der Waals surface area contributed by atoms with Crippen molar-refractivity contribution in [2.45, 2.75) is 79.1 Å². The van der Waals surface area contributed by atoms with Crippen LogP contribution in [0.25, 0.3) is 0 Å². The van der Waals surface area contributed by atoms with Gasteiger partial charge in [-0.3, -0.25) is 0 Å². The number of nitrogens with zero attached hydrogens (tertiary/aromatic N) is 1. The van der Waals surface area contributed by atoms with Gasteiger partial charge in [0.15, 0.2) is 0 Å². The third kappa shape index (κ3) is 6.66. The van der Waals surface area contributed by atoms with Crippen LogP contribution in [-0.4, -0.2) is 49.3 Å². The largest absolute Gasteiger partial charge is 0.374 e. The van der Waals surface area contributed by atoms with Gasteiger partial charge in [0.1, 0.15) is 0 Å². The predicted octanol–water partition coefficient (Wildman–Crippen LogP) is 3.54. The van der Waals surface area contributed by atoms with E-state index in [4.69, 9.17) is 4.74 Å². The van der Waals surface area contributed by atoms with Gasteiger partial charge in [0.2, 0.25) is 0 Å². The summed E-state index contributed by atoms with van der Waals surface area (Å²) in [5.41, 5.74) is 0. The van der Waals surface area contributed by atoms with Crippen LogP contribution >= 0.6 is 0 Å². The first-order valence-corrected chi connectivity index (χ1v) is 9.09. The maximum absolute atomic E-state index is 6.27. The zero-order valence-corrected chi connectivity index (χ0v) is 15.2. The minimum Gasteiger partial charge on any atom is -0.374 e. The summed E-state index contributed by atoms with van der Waals surface area (Å²) < 4.78 is 6.27. The van der Waals surface area contributed by atoms with Gasteiger partial charge < -0.3 is 15.0 Å². The first-order chi connectivity index (χ1) is 9.97. The van der Waals surface area contributed by atoms with Crippen molar-refractivity contribution in [2.75, 3.05) is 26.2 Å². The second-order valence-electron chi connectivity index (χ2n) is 7.20. The first kappa shape index (κ1) is 18.9. The summed E-state index contributed by atoms with van der Waals surface area (Å²) in [4.78, 5) is 2.50. The van der Waals surface area contributed by atoms with Crippen molar-refractivity contribution in [3.63, 3.8) is 0 Å². The number of ether oxygens (including phenoxy) is 1. The molecule has 1 rings (SSSR count). The van der Waals surface area contributed by atoms with Gasteiger partial charge >= 0.3 is 0 Å². The molecular formula is C18H38N2O. The molecule has 0 amide bonds. The molecule has 126 valence electrons. The van der Waals surface area contributed by atoms with Gasteiger partial charge in [-0.05, 0) is 57.3 Å². The zero-order chi connectivity index (χ0) is 15.8. The summed E-state index contributed by atoms with van der Waals surface area (Å²) in [6.45, 7) is 18.3. The van der Waals surface area contributed by atoms with Crippen molar-refractivity contribution in [3.8, 4) is 0 Å². The van der Waals surface area contributed by atoms with Crippen molar-refractivity contribution in [1.29, 1.82) is 0 Å². The number of rotatable bonds is 9. The average molecular weight is 299 g/mol. The number of hydrogen-bond donors (Lipinski definition) is 1.